The first kappa shape index (κ1) is 9.27. The normalized spacial score (nSPS) is 8.67. The zero-order chi connectivity index (χ0) is 5.98. The van der Waals surface area contributed by atoms with E-state index in [0.717, 1.165) is 10.3 Å². The second-order valence-corrected chi connectivity index (χ2v) is 2.43. The van der Waals surface area contributed by atoms with Gasteiger partial charge in [-0.1, -0.05) is 0 Å². The maximum absolute atomic E-state index is 5.45. The van der Waals surface area contributed by atoms with E-state index in [1.54, 1.807) is 0 Å². The fraction of sp³-hybridized carbons (Fsp3) is 0.250. The van der Waals surface area contributed by atoms with Crippen LogP contribution < -0.4 is 0 Å². The molecule has 1 aromatic rings. The molecular weight excluding hydrogens is 227 g/mol. The second-order valence-electron chi connectivity index (χ2n) is 1.35. The van der Waals surface area contributed by atoms with Crippen LogP contribution in [0.2, 0.25) is 0 Å². The number of aromatic nitrogens is 2. The van der Waals surface area contributed by atoms with E-state index < -0.39 is 0 Å². The van der Waals surface area contributed by atoms with E-state index in [4.69, 9.17) is 11.6 Å². The van der Waals surface area contributed by atoms with Crippen LogP contribution in [0.25, 0.3) is 0 Å². The topological polar surface area (TPSA) is 28.7 Å². The number of rotatable bonds is 1. The molecule has 1 N–H and O–H groups in total. The van der Waals surface area contributed by atoms with Gasteiger partial charge in [-0.05, 0) is 22.0 Å². The molecule has 0 amide bonds. The monoisotopic (exact) mass is 230 g/mol. The summed E-state index contributed by atoms with van der Waals surface area (Å²) in [5.41, 5.74) is 0.929. The Hall–Kier alpha value is 0.270. The summed E-state index contributed by atoms with van der Waals surface area (Å²) in [7, 11) is 0. The third-order valence-corrected chi connectivity index (χ3v) is 1.44. The Morgan fingerprint density at radius 1 is 1.78 bits per heavy atom. The van der Waals surface area contributed by atoms with E-state index in [1.165, 1.54) is 0 Å². The molecule has 52 valence electrons. The Morgan fingerprint density at radius 3 is 2.67 bits per heavy atom. The first-order chi connectivity index (χ1) is 3.83. The summed E-state index contributed by atoms with van der Waals surface area (Å²) in [6, 6.07) is 1.84. The van der Waals surface area contributed by atoms with E-state index in [2.05, 4.69) is 26.1 Å². The Morgan fingerprint density at radius 2 is 2.44 bits per heavy atom. The van der Waals surface area contributed by atoms with E-state index in [-0.39, 0.29) is 12.4 Å². The molecule has 0 saturated heterocycles. The van der Waals surface area contributed by atoms with Gasteiger partial charge in [0.2, 0.25) is 0 Å². The summed E-state index contributed by atoms with van der Waals surface area (Å²) < 4.78 is 0.799. The van der Waals surface area contributed by atoms with Gasteiger partial charge in [-0.25, -0.2) is 0 Å². The molecule has 0 aliphatic carbocycles. The van der Waals surface area contributed by atoms with Crippen molar-refractivity contribution in [1.29, 1.82) is 0 Å². The fourth-order valence-electron chi connectivity index (χ4n) is 0.402. The zero-order valence-corrected chi connectivity index (χ0v) is 7.55. The van der Waals surface area contributed by atoms with Gasteiger partial charge in [-0.2, -0.15) is 5.10 Å². The SMILES string of the molecule is Cl.ClCc1cc(Br)n[nH]1. The summed E-state index contributed by atoms with van der Waals surface area (Å²) in [4.78, 5) is 0. The van der Waals surface area contributed by atoms with E-state index in [9.17, 15) is 0 Å². The molecule has 1 rings (SSSR count). The Bertz CT molecular complexity index is 177. The summed E-state index contributed by atoms with van der Waals surface area (Å²) in [5.74, 6) is 0.485. The van der Waals surface area contributed by atoms with Crippen LogP contribution >= 0.6 is 39.9 Å². The number of halogens is 3. The van der Waals surface area contributed by atoms with Crippen molar-refractivity contribution >= 4 is 39.9 Å². The molecule has 0 aromatic carbocycles. The highest BCUT2D eigenvalue weighted by molar-refractivity contribution is 9.10. The standard InChI is InChI=1S/C4H4BrClN2.ClH/c5-4-1-3(2-6)7-8-4;/h1H,2H2,(H,7,8);1H. The zero-order valence-electron chi connectivity index (χ0n) is 4.40. The van der Waals surface area contributed by atoms with Crippen molar-refractivity contribution in [3.8, 4) is 0 Å². The molecule has 0 saturated carbocycles. The molecule has 2 nitrogen and oxygen atoms in total. The number of H-pyrrole nitrogens is 1. The number of hydrogen-bond donors (Lipinski definition) is 1. The maximum atomic E-state index is 5.45. The van der Waals surface area contributed by atoms with Crippen LogP contribution in [0.5, 0.6) is 0 Å². The molecule has 0 unspecified atom stereocenters. The Balaban J connectivity index is 0.000000640. The van der Waals surface area contributed by atoms with Crippen LogP contribution in [0.3, 0.4) is 0 Å². The van der Waals surface area contributed by atoms with E-state index in [0.29, 0.717) is 5.88 Å². The second kappa shape index (κ2) is 4.14. The van der Waals surface area contributed by atoms with Crippen LogP contribution in [0, 0.1) is 0 Å². The number of nitrogens with zero attached hydrogens (tertiary/aromatic N) is 1. The van der Waals surface area contributed by atoms with Gasteiger partial charge in [0.05, 0.1) is 11.6 Å². The van der Waals surface area contributed by atoms with E-state index >= 15 is 0 Å². The molecule has 1 heterocycles. The van der Waals surface area contributed by atoms with Crippen LogP contribution in [-0.4, -0.2) is 10.2 Å². The largest absolute Gasteiger partial charge is 0.280 e. The highest BCUT2D eigenvalue weighted by atomic mass is 79.9. The Labute approximate surface area is 72.5 Å². The number of hydrogen-bond acceptors (Lipinski definition) is 1. The first-order valence-electron chi connectivity index (χ1n) is 2.08. The summed E-state index contributed by atoms with van der Waals surface area (Å²) in [6.07, 6.45) is 0. The van der Waals surface area contributed by atoms with Gasteiger partial charge >= 0.3 is 0 Å². The summed E-state index contributed by atoms with van der Waals surface area (Å²) in [6.45, 7) is 0. The molecule has 0 aliphatic rings. The third kappa shape index (κ3) is 2.56. The van der Waals surface area contributed by atoms with Crippen molar-refractivity contribution in [2.75, 3.05) is 0 Å². The van der Waals surface area contributed by atoms with Crippen molar-refractivity contribution in [1.82, 2.24) is 10.2 Å². The molecule has 0 atom stereocenters. The van der Waals surface area contributed by atoms with Gasteiger partial charge in [-0.15, -0.1) is 24.0 Å². The van der Waals surface area contributed by atoms with Crippen molar-refractivity contribution in [2.24, 2.45) is 0 Å². The van der Waals surface area contributed by atoms with Crippen LogP contribution in [-0.2, 0) is 5.88 Å². The first-order valence-corrected chi connectivity index (χ1v) is 3.41. The summed E-state index contributed by atoms with van der Waals surface area (Å²) in [5, 5.41) is 6.52. The number of alkyl halides is 1. The van der Waals surface area contributed by atoms with Crippen molar-refractivity contribution < 1.29 is 0 Å². The number of nitrogens with one attached hydrogen (secondary N) is 1. The minimum absolute atomic E-state index is 0. The highest BCUT2D eigenvalue weighted by Crippen LogP contribution is 2.07. The van der Waals surface area contributed by atoms with Crippen molar-refractivity contribution in [3.05, 3.63) is 16.4 Å². The Kier molecular flexibility index (Phi) is 4.27. The molecule has 0 spiro atoms. The average Bonchev–Trinajstić information content (AvgIpc) is 2.14. The third-order valence-electron chi connectivity index (χ3n) is 0.744. The lowest BCUT2D eigenvalue weighted by molar-refractivity contribution is 1.02. The predicted molar refractivity (Wildman–Crippen MR) is 43.1 cm³/mol. The van der Waals surface area contributed by atoms with Crippen LogP contribution in [0.4, 0.5) is 0 Å². The smallest absolute Gasteiger partial charge is 0.128 e. The summed E-state index contributed by atoms with van der Waals surface area (Å²) >= 11 is 8.62. The van der Waals surface area contributed by atoms with Crippen molar-refractivity contribution in [2.45, 2.75) is 5.88 Å². The molecule has 9 heavy (non-hydrogen) atoms. The molecule has 1 aromatic heterocycles. The quantitative estimate of drug-likeness (QED) is 0.739. The van der Waals surface area contributed by atoms with Crippen LogP contribution in [0.15, 0.2) is 10.7 Å². The maximum Gasteiger partial charge on any atom is 0.128 e. The molecule has 0 fully saturated rings. The van der Waals surface area contributed by atoms with E-state index in [1.807, 2.05) is 6.07 Å². The van der Waals surface area contributed by atoms with Gasteiger partial charge in [-0.3, -0.25) is 5.10 Å². The minimum atomic E-state index is 0. The highest BCUT2D eigenvalue weighted by Gasteiger charge is 1.92. The molecule has 0 bridgehead atoms. The minimum Gasteiger partial charge on any atom is -0.280 e. The average molecular weight is 232 g/mol. The lowest BCUT2D eigenvalue weighted by atomic mass is 10.5. The number of aromatic amines is 1. The van der Waals surface area contributed by atoms with Gasteiger partial charge in [0.1, 0.15) is 4.60 Å². The molecule has 0 radical (unpaired) electrons. The molecular formula is C4H5BrCl2N2. The van der Waals surface area contributed by atoms with Gasteiger partial charge < -0.3 is 0 Å². The fourth-order valence-corrected chi connectivity index (χ4v) is 0.904. The van der Waals surface area contributed by atoms with Crippen molar-refractivity contribution in [3.63, 3.8) is 0 Å². The van der Waals surface area contributed by atoms with Crippen LogP contribution in [0.1, 0.15) is 5.69 Å². The lowest BCUT2D eigenvalue weighted by Crippen LogP contribution is -1.73. The van der Waals surface area contributed by atoms with Gasteiger partial charge in [0.25, 0.3) is 0 Å². The predicted octanol–water partition coefficient (Wildman–Crippen LogP) is 2.33. The lowest BCUT2D eigenvalue weighted by Gasteiger charge is -1.77. The molecule has 0 aliphatic heterocycles. The molecule has 5 heteroatoms. The van der Waals surface area contributed by atoms with Gasteiger partial charge in [0, 0.05) is 0 Å². The van der Waals surface area contributed by atoms with Gasteiger partial charge in [0.15, 0.2) is 0 Å².